The number of carbonyl (C=O) groups excluding carboxylic acids is 3. The molecule has 0 saturated heterocycles. The fourth-order valence-corrected chi connectivity index (χ4v) is 3.51. The second kappa shape index (κ2) is 9.99. The number of benzene rings is 2. The number of ether oxygens (including phenoxy) is 1. The number of aryl methyl sites for hydroxylation is 1. The first-order chi connectivity index (χ1) is 16.4. The highest BCUT2D eigenvalue weighted by molar-refractivity contribution is 6.40. The zero-order chi connectivity index (χ0) is 24.1. The minimum absolute atomic E-state index is 0.142. The SMILES string of the molecule is CCC(=O)C(=O)Nc1cccc(-c2c[nH]c3ncc(NC(=O)OCc4ccccc4C)cc23)c1. The largest absolute Gasteiger partial charge is 0.444 e. The van der Waals surface area contributed by atoms with Crippen LogP contribution in [0.5, 0.6) is 0 Å². The summed E-state index contributed by atoms with van der Waals surface area (Å²) in [6.45, 7) is 3.77. The van der Waals surface area contributed by atoms with Gasteiger partial charge in [0, 0.05) is 29.3 Å². The van der Waals surface area contributed by atoms with Crippen molar-refractivity contribution in [3.63, 3.8) is 0 Å². The van der Waals surface area contributed by atoms with E-state index in [-0.39, 0.29) is 13.0 Å². The molecule has 2 aromatic carbocycles. The molecule has 0 radical (unpaired) electrons. The number of aromatic nitrogens is 2. The van der Waals surface area contributed by atoms with Gasteiger partial charge in [-0.3, -0.25) is 14.9 Å². The fourth-order valence-electron chi connectivity index (χ4n) is 3.51. The molecule has 8 nitrogen and oxygen atoms in total. The van der Waals surface area contributed by atoms with Crippen molar-refractivity contribution in [3.05, 3.63) is 78.1 Å². The molecule has 4 aromatic rings. The van der Waals surface area contributed by atoms with Crippen LogP contribution in [0.2, 0.25) is 0 Å². The van der Waals surface area contributed by atoms with Crippen LogP contribution in [0.4, 0.5) is 16.2 Å². The summed E-state index contributed by atoms with van der Waals surface area (Å²) in [7, 11) is 0. The Kier molecular flexibility index (Phi) is 6.68. The van der Waals surface area contributed by atoms with E-state index in [4.69, 9.17) is 4.74 Å². The maximum absolute atomic E-state index is 12.3. The third kappa shape index (κ3) is 5.12. The minimum atomic E-state index is -0.643. The molecule has 2 aromatic heterocycles. The summed E-state index contributed by atoms with van der Waals surface area (Å²) in [4.78, 5) is 43.3. The van der Waals surface area contributed by atoms with Gasteiger partial charge in [0.1, 0.15) is 12.3 Å². The quantitative estimate of drug-likeness (QED) is 0.331. The number of anilines is 2. The van der Waals surface area contributed by atoms with E-state index in [0.717, 1.165) is 27.6 Å². The maximum atomic E-state index is 12.3. The standard InChI is InChI=1S/C26H24N4O4/c1-3-23(31)25(32)29-19-10-6-9-17(11-19)22-14-28-24-21(22)12-20(13-27-24)30-26(33)34-15-18-8-5-4-7-16(18)2/h4-14H,3,15H2,1-2H3,(H,27,28)(H,29,32)(H,30,33). The van der Waals surface area contributed by atoms with Gasteiger partial charge < -0.3 is 15.0 Å². The van der Waals surface area contributed by atoms with Gasteiger partial charge in [0.05, 0.1) is 11.9 Å². The number of amides is 2. The molecule has 0 bridgehead atoms. The lowest BCUT2D eigenvalue weighted by atomic mass is 10.0. The van der Waals surface area contributed by atoms with Crippen LogP contribution in [-0.2, 0) is 20.9 Å². The van der Waals surface area contributed by atoms with E-state index in [9.17, 15) is 14.4 Å². The highest BCUT2D eigenvalue weighted by Gasteiger charge is 2.14. The van der Waals surface area contributed by atoms with Gasteiger partial charge in [-0.2, -0.15) is 0 Å². The van der Waals surface area contributed by atoms with Crippen LogP contribution < -0.4 is 10.6 Å². The minimum Gasteiger partial charge on any atom is -0.444 e. The van der Waals surface area contributed by atoms with Gasteiger partial charge in [0.2, 0.25) is 5.78 Å². The van der Waals surface area contributed by atoms with Crippen LogP contribution in [0, 0.1) is 6.92 Å². The zero-order valence-corrected chi connectivity index (χ0v) is 18.8. The summed E-state index contributed by atoms with van der Waals surface area (Å²) in [5.41, 5.74) is 5.28. The number of hydrogen-bond acceptors (Lipinski definition) is 5. The van der Waals surface area contributed by atoms with Crippen LogP contribution in [0.15, 0.2) is 67.0 Å². The number of carbonyl (C=O) groups is 3. The first-order valence-electron chi connectivity index (χ1n) is 10.8. The number of rotatable bonds is 7. The number of pyridine rings is 1. The van der Waals surface area contributed by atoms with E-state index in [2.05, 4.69) is 20.6 Å². The van der Waals surface area contributed by atoms with Gasteiger partial charge in [0.25, 0.3) is 5.91 Å². The summed E-state index contributed by atoms with van der Waals surface area (Å²) in [6, 6.07) is 16.7. The van der Waals surface area contributed by atoms with Crippen molar-refractivity contribution in [2.75, 3.05) is 10.6 Å². The predicted octanol–water partition coefficient (Wildman–Crippen LogP) is 5.20. The van der Waals surface area contributed by atoms with E-state index < -0.39 is 17.8 Å². The molecule has 0 aliphatic rings. The van der Waals surface area contributed by atoms with E-state index in [1.165, 1.54) is 0 Å². The molecule has 0 saturated carbocycles. The summed E-state index contributed by atoms with van der Waals surface area (Å²) in [6.07, 6.45) is 2.91. The molecule has 2 heterocycles. The molecule has 0 aliphatic heterocycles. The lowest BCUT2D eigenvalue weighted by Gasteiger charge is -2.09. The summed E-state index contributed by atoms with van der Waals surface area (Å²) < 4.78 is 5.35. The van der Waals surface area contributed by atoms with E-state index in [0.29, 0.717) is 17.0 Å². The number of nitrogens with zero attached hydrogens (tertiary/aromatic N) is 1. The van der Waals surface area contributed by atoms with Crippen molar-refractivity contribution in [1.29, 1.82) is 0 Å². The normalized spacial score (nSPS) is 10.6. The van der Waals surface area contributed by atoms with Gasteiger partial charge in [-0.05, 0) is 41.8 Å². The molecule has 2 amide bonds. The molecule has 4 rings (SSSR count). The Hall–Kier alpha value is -4.46. The second-order valence-corrected chi connectivity index (χ2v) is 7.76. The average Bonchev–Trinajstić information content (AvgIpc) is 3.26. The van der Waals surface area contributed by atoms with Crippen LogP contribution in [0.3, 0.4) is 0 Å². The highest BCUT2D eigenvalue weighted by atomic mass is 16.5. The van der Waals surface area contributed by atoms with Crippen molar-refractivity contribution in [2.45, 2.75) is 26.9 Å². The van der Waals surface area contributed by atoms with Crippen LogP contribution >= 0.6 is 0 Å². The first kappa shape index (κ1) is 22.7. The molecule has 0 spiro atoms. The Morgan fingerprint density at radius 3 is 2.62 bits per heavy atom. The van der Waals surface area contributed by atoms with Crippen molar-refractivity contribution in [2.24, 2.45) is 0 Å². The number of H-pyrrole nitrogens is 1. The lowest BCUT2D eigenvalue weighted by molar-refractivity contribution is -0.134. The Balaban J connectivity index is 1.51. The van der Waals surface area contributed by atoms with Gasteiger partial charge in [0.15, 0.2) is 0 Å². The van der Waals surface area contributed by atoms with Gasteiger partial charge in [-0.1, -0.05) is 43.3 Å². The monoisotopic (exact) mass is 456 g/mol. The van der Waals surface area contributed by atoms with Gasteiger partial charge >= 0.3 is 6.09 Å². The Morgan fingerprint density at radius 1 is 1.00 bits per heavy atom. The van der Waals surface area contributed by atoms with Gasteiger partial charge in [-0.25, -0.2) is 9.78 Å². The summed E-state index contributed by atoms with van der Waals surface area (Å²) in [5.74, 6) is -1.12. The van der Waals surface area contributed by atoms with E-state index >= 15 is 0 Å². The number of aromatic amines is 1. The molecule has 0 unspecified atom stereocenters. The smallest absolute Gasteiger partial charge is 0.412 e. The molecule has 0 atom stereocenters. The van der Waals surface area contributed by atoms with Crippen molar-refractivity contribution in [1.82, 2.24) is 9.97 Å². The van der Waals surface area contributed by atoms with Crippen molar-refractivity contribution < 1.29 is 19.1 Å². The highest BCUT2D eigenvalue weighted by Crippen LogP contribution is 2.31. The third-order valence-corrected chi connectivity index (χ3v) is 5.40. The molecule has 0 fully saturated rings. The molecular formula is C26H24N4O4. The van der Waals surface area contributed by atoms with E-state index in [1.807, 2.05) is 37.3 Å². The molecular weight excluding hydrogens is 432 g/mol. The molecule has 0 aliphatic carbocycles. The summed E-state index contributed by atoms with van der Waals surface area (Å²) >= 11 is 0. The number of fused-ring (bicyclic) bond motifs is 1. The Labute approximate surface area is 196 Å². The van der Waals surface area contributed by atoms with E-state index in [1.54, 1.807) is 43.6 Å². The van der Waals surface area contributed by atoms with Gasteiger partial charge in [-0.15, -0.1) is 0 Å². The maximum Gasteiger partial charge on any atom is 0.412 e. The topological polar surface area (TPSA) is 113 Å². The number of nitrogens with one attached hydrogen (secondary N) is 3. The molecule has 172 valence electrons. The predicted molar refractivity (Wildman–Crippen MR) is 130 cm³/mol. The number of hydrogen-bond donors (Lipinski definition) is 3. The van der Waals surface area contributed by atoms with Crippen molar-refractivity contribution in [3.8, 4) is 11.1 Å². The Bertz CT molecular complexity index is 1380. The third-order valence-electron chi connectivity index (χ3n) is 5.40. The molecule has 8 heteroatoms. The van der Waals surface area contributed by atoms with Crippen LogP contribution in [0.25, 0.3) is 22.2 Å². The average molecular weight is 457 g/mol. The second-order valence-electron chi connectivity index (χ2n) is 7.76. The number of Topliss-reactive ketones (excluding diaryl/α,β-unsaturated/α-hetero) is 1. The zero-order valence-electron chi connectivity index (χ0n) is 18.8. The number of ketones is 1. The van der Waals surface area contributed by atoms with Crippen LogP contribution in [0.1, 0.15) is 24.5 Å². The summed E-state index contributed by atoms with van der Waals surface area (Å²) in [5, 5.41) is 6.12. The Morgan fingerprint density at radius 2 is 1.82 bits per heavy atom. The fraction of sp³-hybridized carbons (Fsp3) is 0.154. The first-order valence-corrected chi connectivity index (χ1v) is 10.8. The van der Waals surface area contributed by atoms with Crippen molar-refractivity contribution >= 4 is 40.2 Å². The van der Waals surface area contributed by atoms with Crippen LogP contribution in [-0.4, -0.2) is 27.8 Å². The lowest BCUT2D eigenvalue weighted by Crippen LogP contribution is -2.21. The molecule has 3 N–H and O–H groups in total. The molecule has 34 heavy (non-hydrogen) atoms.